The number of fused-ring (bicyclic) bond motifs is 1. The first kappa shape index (κ1) is 10.2. The third-order valence-corrected chi connectivity index (χ3v) is 2.74. The lowest BCUT2D eigenvalue weighted by atomic mass is 10.1. The summed E-state index contributed by atoms with van der Waals surface area (Å²) in [5.74, 6) is -0.0562. The van der Waals surface area contributed by atoms with Gasteiger partial charge in [-0.3, -0.25) is 4.79 Å². The second-order valence-electron chi connectivity index (χ2n) is 3.96. The number of aliphatic hydroxyl groups excluding tert-OH is 1. The topological polar surface area (TPSA) is 40.5 Å². The maximum Gasteiger partial charge on any atom is 0.256 e. The smallest absolute Gasteiger partial charge is 0.256 e. The van der Waals surface area contributed by atoms with Gasteiger partial charge in [0.25, 0.3) is 5.91 Å². The van der Waals surface area contributed by atoms with Crippen LogP contribution in [0.1, 0.15) is 41.1 Å². The number of carbonyl (C=O) groups is 1. The van der Waals surface area contributed by atoms with Crippen LogP contribution in [0.15, 0.2) is 18.2 Å². The van der Waals surface area contributed by atoms with E-state index in [-0.39, 0.29) is 5.91 Å². The molecule has 80 valence electrons. The van der Waals surface area contributed by atoms with Gasteiger partial charge in [0.05, 0.1) is 0 Å². The van der Waals surface area contributed by atoms with Crippen LogP contribution in [0.2, 0.25) is 0 Å². The van der Waals surface area contributed by atoms with E-state index in [1.54, 1.807) is 6.07 Å². The number of aliphatic hydroxyl groups is 1. The molecule has 1 aromatic rings. The van der Waals surface area contributed by atoms with Gasteiger partial charge < -0.3 is 10.0 Å². The molecular weight excluding hydrogens is 190 g/mol. The van der Waals surface area contributed by atoms with Crippen LogP contribution in [0.4, 0.5) is 0 Å². The molecule has 1 amide bonds. The molecular formula is C12H15NO2. The van der Waals surface area contributed by atoms with Crippen LogP contribution in [0.25, 0.3) is 0 Å². The molecule has 0 radical (unpaired) electrons. The fourth-order valence-corrected chi connectivity index (χ4v) is 1.99. The Balaban J connectivity index is 2.41. The van der Waals surface area contributed by atoms with Gasteiger partial charge in [0.2, 0.25) is 0 Å². The number of nitrogens with zero attached hydrogens (tertiary/aromatic N) is 1. The number of aryl methyl sites for hydroxylation is 1. The third-order valence-electron chi connectivity index (χ3n) is 2.74. The van der Waals surface area contributed by atoms with E-state index in [4.69, 9.17) is 0 Å². The van der Waals surface area contributed by atoms with Crippen LogP contribution in [0.5, 0.6) is 0 Å². The van der Waals surface area contributed by atoms with Crippen molar-refractivity contribution >= 4 is 5.91 Å². The number of amides is 1. The minimum atomic E-state index is -0.757. The summed E-state index contributed by atoms with van der Waals surface area (Å²) in [7, 11) is 0. The normalized spacial score (nSPS) is 19.5. The van der Waals surface area contributed by atoms with Crippen LogP contribution in [0.3, 0.4) is 0 Å². The second kappa shape index (κ2) is 3.66. The Labute approximate surface area is 89.3 Å². The third kappa shape index (κ3) is 1.53. The lowest BCUT2D eigenvalue weighted by Crippen LogP contribution is -2.28. The van der Waals surface area contributed by atoms with Gasteiger partial charge in [0.1, 0.15) is 0 Å². The van der Waals surface area contributed by atoms with Crippen molar-refractivity contribution in [2.75, 3.05) is 6.54 Å². The van der Waals surface area contributed by atoms with Crippen molar-refractivity contribution in [3.63, 3.8) is 0 Å². The monoisotopic (exact) mass is 205 g/mol. The zero-order chi connectivity index (χ0) is 11.0. The molecule has 1 atom stereocenters. The van der Waals surface area contributed by atoms with E-state index in [9.17, 15) is 9.90 Å². The molecule has 0 saturated heterocycles. The Morgan fingerprint density at radius 1 is 1.47 bits per heavy atom. The number of carbonyl (C=O) groups excluding carboxylic acids is 1. The van der Waals surface area contributed by atoms with E-state index in [0.717, 1.165) is 17.5 Å². The highest BCUT2D eigenvalue weighted by molar-refractivity contribution is 5.99. The average molecular weight is 205 g/mol. The molecule has 2 rings (SSSR count). The van der Waals surface area contributed by atoms with Crippen molar-refractivity contribution < 1.29 is 9.90 Å². The summed E-state index contributed by atoms with van der Waals surface area (Å²) in [5, 5.41) is 9.97. The predicted octanol–water partition coefficient (Wildman–Crippen LogP) is 1.85. The minimum absolute atomic E-state index is 0.0562. The Kier molecular flexibility index (Phi) is 2.49. The van der Waals surface area contributed by atoms with Gasteiger partial charge in [0, 0.05) is 17.7 Å². The molecule has 1 aliphatic heterocycles. The van der Waals surface area contributed by atoms with Crippen molar-refractivity contribution in [3.8, 4) is 0 Å². The minimum Gasteiger partial charge on any atom is -0.369 e. The number of rotatable bonds is 2. The first-order chi connectivity index (χ1) is 7.15. The highest BCUT2D eigenvalue weighted by Gasteiger charge is 2.34. The zero-order valence-electron chi connectivity index (χ0n) is 9.03. The van der Waals surface area contributed by atoms with Crippen molar-refractivity contribution in [1.29, 1.82) is 0 Å². The van der Waals surface area contributed by atoms with Gasteiger partial charge in [0.15, 0.2) is 6.23 Å². The lowest BCUT2D eigenvalue weighted by Gasteiger charge is -2.19. The largest absolute Gasteiger partial charge is 0.369 e. The van der Waals surface area contributed by atoms with Crippen LogP contribution < -0.4 is 0 Å². The van der Waals surface area contributed by atoms with E-state index >= 15 is 0 Å². The highest BCUT2D eigenvalue weighted by atomic mass is 16.3. The maximum atomic E-state index is 11.9. The number of hydrogen-bond donors (Lipinski definition) is 1. The fourth-order valence-electron chi connectivity index (χ4n) is 1.99. The van der Waals surface area contributed by atoms with E-state index < -0.39 is 6.23 Å². The van der Waals surface area contributed by atoms with Crippen molar-refractivity contribution in [2.45, 2.75) is 26.5 Å². The van der Waals surface area contributed by atoms with Gasteiger partial charge >= 0.3 is 0 Å². The summed E-state index contributed by atoms with van der Waals surface area (Å²) in [4.78, 5) is 13.4. The Hall–Kier alpha value is -1.35. The Morgan fingerprint density at radius 3 is 2.87 bits per heavy atom. The van der Waals surface area contributed by atoms with Gasteiger partial charge in [-0.2, -0.15) is 0 Å². The molecule has 15 heavy (non-hydrogen) atoms. The molecule has 0 spiro atoms. The first-order valence-electron chi connectivity index (χ1n) is 5.24. The van der Waals surface area contributed by atoms with Crippen LogP contribution in [-0.2, 0) is 0 Å². The molecule has 0 aromatic heterocycles. The molecule has 1 unspecified atom stereocenters. The SMILES string of the molecule is CCCN1C(=O)c2ccc(C)cc2C1O. The quantitative estimate of drug-likeness (QED) is 0.800. The molecule has 3 heteroatoms. The van der Waals surface area contributed by atoms with Crippen LogP contribution >= 0.6 is 0 Å². The second-order valence-corrected chi connectivity index (χ2v) is 3.96. The summed E-state index contributed by atoms with van der Waals surface area (Å²) in [6.45, 7) is 4.56. The molecule has 0 saturated carbocycles. The van der Waals surface area contributed by atoms with Crippen molar-refractivity contribution in [3.05, 3.63) is 34.9 Å². The number of benzene rings is 1. The summed E-state index contributed by atoms with van der Waals surface area (Å²) < 4.78 is 0. The van der Waals surface area contributed by atoms with Gasteiger partial charge in [-0.1, -0.05) is 24.6 Å². The van der Waals surface area contributed by atoms with Gasteiger partial charge in [-0.05, 0) is 19.4 Å². The van der Waals surface area contributed by atoms with E-state index in [1.807, 2.05) is 26.0 Å². The summed E-state index contributed by atoms with van der Waals surface area (Å²) in [6, 6.07) is 5.58. The molecule has 3 nitrogen and oxygen atoms in total. The predicted molar refractivity (Wildman–Crippen MR) is 57.5 cm³/mol. The maximum absolute atomic E-state index is 11.9. The van der Waals surface area contributed by atoms with Crippen molar-refractivity contribution in [2.24, 2.45) is 0 Å². The van der Waals surface area contributed by atoms with E-state index in [2.05, 4.69) is 0 Å². The van der Waals surface area contributed by atoms with Crippen LogP contribution in [-0.4, -0.2) is 22.5 Å². The van der Waals surface area contributed by atoms with E-state index in [0.29, 0.717) is 12.1 Å². The molecule has 1 aliphatic rings. The molecule has 1 aromatic carbocycles. The lowest BCUT2D eigenvalue weighted by molar-refractivity contribution is 0.0177. The Morgan fingerprint density at radius 2 is 2.20 bits per heavy atom. The number of hydrogen-bond acceptors (Lipinski definition) is 2. The van der Waals surface area contributed by atoms with E-state index in [1.165, 1.54) is 4.90 Å². The molecule has 0 aliphatic carbocycles. The molecule has 0 bridgehead atoms. The molecule has 1 N–H and O–H groups in total. The highest BCUT2D eigenvalue weighted by Crippen LogP contribution is 2.32. The zero-order valence-corrected chi connectivity index (χ0v) is 9.03. The standard InChI is InChI=1S/C12H15NO2/c1-3-6-13-11(14)9-5-4-8(2)7-10(9)12(13)15/h4-5,7,12,15H,3,6H2,1-2H3. The average Bonchev–Trinajstić information content (AvgIpc) is 2.44. The molecule has 1 heterocycles. The van der Waals surface area contributed by atoms with Crippen LogP contribution in [0, 0.1) is 6.92 Å². The fraction of sp³-hybridized carbons (Fsp3) is 0.417. The van der Waals surface area contributed by atoms with Gasteiger partial charge in [-0.25, -0.2) is 0 Å². The summed E-state index contributed by atoms with van der Waals surface area (Å²) in [6.07, 6.45) is 0.0998. The summed E-state index contributed by atoms with van der Waals surface area (Å²) in [5.41, 5.74) is 2.45. The first-order valence-corrected chi connectivity index (χ1v) is 5.24. The Bertz CT molecular complexity index is 401. The van der Waals surface area contributed by atoms with Gasteiger partial charge in [-0.15, -0.1) is 0 Å². The van der Waals surface area contributed by atoms with Crippen molar-refractivity contribution in [1.82, 2.24) is 4.90 Å². The summed E-state index contributed by atoms with van der Waals surface area (Å²) >= 11 is 0. The molecule has 0 fully saturated rings.